The van der Waals surface area contributed by atoms with Crippen LogP contribution in [0.3, 0.4) is 0 Å². The van der Waals surface area contributed by atoms with Gasteiger partial charge in [0.25, 0.3) is 0 Å². The van der Waals surface area contributed by atoms with Gasteiger partial charge in [-0.3, -0.25) is 9.59 Å². The Bertz CT molecular complexity index is 1320. The van der Waals surface area contributed by atoms with E-state index in [2.05, 4.69) is 26.8 Å². The lowest BCUT2D eigenvalue weighted by Gasteiger charge is -2.60. The molecule has 0 heterocycles. The molecule has 0 saturated heterocycles. The minimum atomic E-state index is -1.55. The van der Waals surface area contributed by atoms with Crippen LogP contribution in [-0.4, -0.2) is 53.2 Å². The first kappa shape index (κ1) is 34.8. The SMILES string of the molecule is CCCCCC(CC)c1cc(OC)ccc1/C=C/C(=O)O[C@]1(C(=O)CO)CC[C@H]2[C@@H]3CC[C@@H]4C[C@H](O)CC[C@]4(C)[C@H]3C(=O)C[C@@]21C. The number of Topliss-reactive ketones (excluding diaryl/α,β-unsaturated/α-hetero) is 2. The predicted molar refractivity (Wildman–Crippen MR) is 178 cm³/mol. The monoisotopic (exact) mass is 636 g/mol. The summed E-state index contributed by atoms with van der Waals surface area (Å²) in [5.41, 5.74) is -0.556. The molecule has 254 valence electrons. The number of hydrogen-bond donors (Lipinski definition) is 2. The molecular formula is C39H56O7. The van der Waals surface area contributed by atoms with Gasteiger partial charge in [-0.25, -0.2) is 4.79 Å². The van der Waals surface area contributed by atoms with E-state index in [-0.39, 0.29) is 41.5 Å². The average Bonchev–Trinajstić information content (AvgIpc) is 3.33. The normalized spacial score (nSPS) is 36.1. The van der Waals surface area contributed by atoms with Crippen LogP contribution in [0.5, 0.6) is 5.75 Å². The maximum absolute atomic E-state index is 14.2. The third-order valence-electron chi connectivity index (χ3n) is 13.1. The maximum Gasteiger partial charge on any atom is 0.331 e. The fraction of sp³-hybridized carbons (Fsp3) is 0.718. The van der Waals surface area contributed by atoms with E-state index in [0.29, 0.717) is 24.7 Å². The Hall–Kier alpha value is -2.51. The number of aliphatic hydroxyl groups is 2. The molecule has 0 amide bonds. The Morgan fingerprint density at radius 2 is 1.87 bits per heavy atom. The predicted octanol–water partition coefficient (Wildman–Crippen LogP) is 7.21. The first-order chi connectivity index (χ1) is 22.0. The van der Waals surface area contributed by atoms with Crippen LogP contribution in [0.4, 0.5) is 0 Å². The number of ketones is 2. The lowest BCUT2D eigenvalue weighted by Crippen LogP contribution is -2.63. The van der Waals surface area contributed by atoms with Crippen LogP contribution in [0.25, 0.3) is 6.08 Å². The summed E-state index contributed by atoms with van der Waals surface area (Å²) in [5, 5.41) is 20.6. The summed E-state index contributed by atoms with van der Waals surface area (Å²) in [6.07, 6.45) is 13.6. The zero-order valence-electron chi connectivity index (χ0n) is 28.7. The second-order valence-electron chi connectivity index (χ2n) is 15.3. The molecule has 7 heteroatoms. The highest BCUT2D eigenvalue weighted by Crippen LogP contribution is 2.68. The molecule has 46 heavy (non-hydrogen) atoms. The summed E-state index contributed by atoms with van der Waals surface area (Å²) in [6.45, 7) is 7.83. The van der Waals surface area contributed by atoms with Crippen LogP contribution >= 0.6 is 0 Å². The summed E-state index contributed by atoms with van der Waals surface area (Å²) in [4.78, 5) is 41.5. The number of rotatable bonds is 12. The molecule has 1 unspecified atom stereocenters. The molecule has 4 fully saturated rings. The van der Waals surface area contributed by atoms with E-state index in [1.165, 1.54) is 12.5 Å². The highest BCUT2D eigenvalue weighted by atomic mass is 16.6. The molecule has 1 aromatic rings. The highest BCUT2D eigenvalue weighted by Gasteiger charge is 2.70. The molecule has 0 bridgehead atoms. The van der Waals surface area contributed by atoms with Crippen molar-refractivity contribution in [3.8, 4) is 5.75 Å². The number of carbonyl (C=O) groups excluding carboxylic acids is 3. The molecule has 4 saturated carbocycles. The van der Waals surface area contributed by atoms with Crippen LogP contribution in [0, 0.1) is 34.5 Å². The Balaban J connectivity index is 1.41. The van der Waals surface area contributed by atoms with E-state index in [4.69, 9.17) is 9.47 Å². The average molecular weight is 637 g/mol. The molecule has 7 nitrogen and oxygen atoms in total. The second-order valence-corrected chi connectivity index (χ2v) is 15.3. The molecule has 2 N–H and O–H groups in total. The number of carbonyl (C=O) groups is 3. The van der Waals surface area contributed by atoms with E-state index >= 15 is 0 Å². The molecule has 9 atom stereocenters. The van der Waals surface area contributed by atoms with Crippen LogP contribution in [0.1, 0.15) is 128 Å². The number of ether oxygens (including phenoxy) is 2. The zero-order valence-corrected chi connectivity index (χ0v) is 28.7. The van der Waals surface area contributed by atoms with Gasteiger partial charge in [-0.1, -0.05) is 53.0 Å². The van der Waals surface area contributed by atoms with Crippen molar-refractivity contribution in [1.82, 2.24) is 0 Å². The third-order valence-corrected chi connectivity index (χ3v) is 13.1. The van der Waals surface area contributed by atoms with Crippen molar-refractivity contribution >= 4 is 23.6 Å². The van der Waals surface area contributed by atoms with Crippen molar-refractivity contribution < 1.29 is 34.1 Å². The van der Waals surface area contributed by atoms with Gasteiger partial charge in [-0.15, -0.1) is 0 Å². The summed E-state index contributed by atoms with van der Waals surface area (Å²) >= 11 is 0. The first-order valence-electron chi connectivity index (χ1n) is 17.9. The quantitative estimate of drug-likeness (QED) is 0.142. The van der Waals surface area contributed by atoms with Gasteiger partial charge in [0.05, 0.1) is 13.2 Å². The van der Waals surface area contributed by atoms with Gasteiger partial charge in [0.2, 0.25) is 5.78 Å². The van der Waals surface area contributed by atoms with Crippen LogP contribution in [0.15, 0.2) is 24.3 Å². The highest BCUT2D eigenvalue weighted by molar-refractivity contribution is 5.96. The summed E-state index contributed by atoms with van der Waals surface area (Å²) in [6, 6.07) is 5.90. The topological polar surface area (TPSA) is 110 Å². The minimum Gasteiger partial charge on any atom is -0.497 e. The van der Waals surface area contributed by atoms with Gasteiger partial charge in [0.15, 0.2) is 5.60 Å². The van der Waals surface area contributed by atoms with E-state index in [9.17, 15) is 24.6 Å². The third kappa shape index (κ3) is 6.00. The molecule has 0 aromatic heterocycles. The van der Waals surface area contributed by atoms with E-state index in [0.717, 1.165) is 74.7 Å². The van der Waals surface area contributed by atoms with E-state index in [1.807, 2.05) is 19.1 Å². The number of hydrogen-bond acceptors (Lipinski definition) is 7. The summed E-state index contributed by atoms with van der Waals surface area (Å²) < 4.78 is 11.8. The number of unbranched alkanes of at least 4 members (excludes halogenated alkanes) is 2. The van der Waals surface area contributed by atoms with Crippen molar-refractivity contribution in [1.29, 1.82) is 0 Å². The second kappa shape index (κ2) is 13.9. The largest absolute Gasteiger partial charge is 0.497 e. The molecule has 0 spiro atoms. The smallest absolute Gasteiger partial charge is 0.331 e. The van der Waals surface area contributed by atoms with Gasteiger partial charge in [0, 0.05) is 23.8 Å². The molecule has 0 aliphatic heterocycles. The Morgan fingerprint density at radius 3 is 2.57 bits per heavy atom. The summed E-state index contributed by atoms with van der Waals surface area (Å²) in [7, 11) is 1.65. The zero-order chi connectivity index (χ0) is 33.3. The molecule has 0 radical (unpaired) electrons. The molecule has 5 rings (SSSR count). The molecule has 1 aromatic carbocycles. The van der Waals surface area contributed by atoms with Gasteiger partial charge in [-0.05, 0) is 116 Å². The fourth-order valence-corrected chi connectivity index (χ4v) is 10.6. The van der Waals surface area contributed by atoms with Crippen LogP contribution in [0.2, 0.25) is 0 Å². The Kier molecular flexibility index (Phi) is 10.5. The van der Waals surface area contributed by atoms with Crippen molar-refractivity contribution in [3.63, 3.8) is 0 Å². The van der Waals surface area contributed by atoms with Crippen molar-refractivity contribution in [2.75, 3.05) is 13.7 Å². The number of aliphatic hydroxyl groups excluding tert-OH is 2. The first-order valence-corrected chi connectivity index (χ1v) is 17.9. The molecular weight excluding hydrogens is 580 g/mol. The number of fused-ring (bicyclic) bond motifs is 5. The van der Waals surface area contributed by atoms with Crippen molar-refractivity contribution in [3.05, 3.63) is 35.4 Å². The number of benzene rings is 1. The van der Waals surface area contributed by atoms with Gasteiger partial charge >= 0.3 is 5.97 Å². The molecule has 4 aliphatic rings. The lowest BCUT2D eigenvalue weighted by molar-refractivity contribution is -0.193. The Labute approximate surface area is 275 Å². The van der Waals surface area contributed by atoms with E-state index in [1.54, 1.807) is 13.2 Å². The van der Waals surface area contributed by atoms with Crippen LogP contribution < -0.4 is 4.74 Å². The fourth-order valence-electron chi connectivity index (χ4n) is 10.6. The van der Waals surface area contributed by atoms with Crippen LogP contribution in [-0.2, 0) is 19.1 Å². The van der Waals surface area contributed by atoms with Gasteiger partial charge in [0.1, 0.15) is 18.1 Å². The van der Waals surface area contributed by atoms with Gasteiger partial charge in [-0.2, -0.15) is 0 Å². The summed E-state index contributed by atoms with van der Waals surface area (Å²) in [5.74, 6) is 0.445. The maximum atomic E-state index is 14.2. The number of esters is 1. The number of methoxy groups -OCH3 is 1. The minimum absolute atomic E-state index is 0.0359. The Morgan fingerprint density at radius 1 is 1.09 bits per heavy atom. The standard InChI is InChI=1S/C39H56O7/c1-6-8-9-10-25(7-2)31-22-29(45-5)14-11-26(31)12-16-35(44)46-39(34(43)24-40)20-18-32-30-15-13-27-21-28(41)17-19-37(27,3)36(30)33(42)23-38(32,39)4/h11-12,14,16,22,25,27-28,30,32,36,40-41H,6-10,13,15,17-21,23-24H2,1-5H3/b16-12+/t25?,27-,28-,30+,32+,36-,37+,38+,39+/m1/s1. The van der Waals surface area contributed by atoms with E-state index < -0.39 is 29.4 Å². The van der Waals surface area contributed by atoms with Gasteiger partial charge < -0.3 is 19.7 Å². The lowest BCUT2D eigenvalue weighted by atomic mass is 9.44. The van der Waals surface area contributed by atoms with Crippen molar-refractivity contribution in [2.24, 2.45) is 34.5 Å². The van der Waals surface area contributed by atoms with Crippen molar-refractivity contribution in [2.45, 2.75) is 129 Å². The molecule has 4 aliphatic carbocycles.